The Balaban J connectivity index is 1.88. The van der Waals surface area contributed by atoms with Crippen molar-refractivity contribution in [2.75, 3.05) is 13.7 Å². The molecule has 2 aliphatic rings. The zero-order valence-corrected chi connectivity index (χ0v) is 13.1. The summed E-state index contributed by atoms with van der Waals surface area (Å²) in [7, 11) is 1.54. The van der Waals surface area contributed by atoms with Crippen molar-refractivity contribution in [3.8, 4) is 5.75 Å². The zero-order valence-electron chi connectivity index (χ0n) is 13.1. The second-order valence-corrected chi connectivity index (χ2v) is 6.63. The zero-order chi connectivity index (χ0) is 14.8. The van der Waals surface area contributed by atoms with E-state index in [0.29, 0.717) is 11.7 Å². The van der Waals surface area contributed by atoms with Crippen LogP contribution in [0.4, 0.5) is 4.39 Å². The van der Waals surface area contributed by atoms with Gasteiger partial charge in [0.2, 0.25) is 0 Å². The molecule has 2 saturated carbocycles. The van der Waals surface area contributed by atoms with Gasteiger partial charge in [0.25, 0.3) is 0 Å². The molecule has 2 fully saturated rings. The van der Waals surface area contributed by atoms with E-state index >= 15 is 0 Å². The van der Waals surface area contributed by atoms with E-state index in [-0.39, 0.29) is 11.9 Å². The molecule has 2 aliphatic carbocycles. The van der Waals surface area contributed by atoms with Crippen LogP contribution < -0.4 is 10.1 Å². The molecular formula is C18H26FNO. The number of hydrogen-bond acceptors (Lipinski definition) is 2. The Labute approximate surface area is 127 Å². The highest BCUT2D eigenvalue weighted by Gasteiger charge is 2.44. The molecule has 0 amide bonds. The number of nitrogens with one attached hydrogen (secondary N) is 1. The maximum absolute atomic E-state index is 14.7. The summed E-state index contributed by atoms with van der Waals surface area (Å²) in [6.45, 7) is 3.10. The minimum atomic E-state index is -0.184. The van der Waals surface area contributed by atoms with E-state index in [2.05, 4.69) is 12.2 Å². The molecule has 1 N–H and O–H groups in total. The first-order valence-corrected chi connectivity index (χ1v) is 8.30. The number of halogens is 1. The van der Waals surface area contributed by atoms with Crippen LogP contribution >= 0.6 is 0 Å². The minimum absolute atomic E-state index is 0.135. The van der Waals surface area contributed by atoms with E-state index < -0.39 is 0 Å². The topological polar surface area (TPSA) is 21.3 Å². The van der Waals surface area contributed by atoms with Gasteiger partial charge in [-0.3, -0.25) is 0 Å². The average Bonchev–Trinajstić information content (AvgIpc) is 3.12. The van der Waals surface area contributed by atoms with Crippen LogP contribution in [0.2, 0.25) is 0 Å². The largest absolute Gasteiger partial charge is 0.494 e. The highest BCUT2D eigenvalue weighted by Crippen LogP contribution is 2.53. The highest BCUT2D eigenvalue weighted by molar-refractivity contribution is 5.33. The third-order valence-electron chi connectivity index (χ3n) is 5.38. The average molecular weight is 291 g/mol. The van der Waals surface area contributed by atoms with Gasteiger partial charge in [0.05, 0.1) is 7.11 Å². The minimum Gasteiger partial charge on any atom is -0.494 e. The summed E-state index contributed by atoms with van der Waals surface area (Å²) < 4.78 is 19.8. The molecule has 0 aromatic heterocycles. The van der Waals surface area contributed by atoms with E-state index in [1.165, 1.54) is 32.8 Å². The standard InChI is InChI=1S/C18H26FNO/c1-3-9-20-18(15-11-12-7-8-13(15)10-12)14-5-4-6-16(21-2)17(14)19/h4-6,12-13,15,18,20H,3,7-11H2,1-2H3. The predicted molar refractivity (Wildman–Crippen MR) is 82.9 cm³/mol. The molecule has 4 unspecified atom stereocenters. The molecule has 21 heavy (non-hydrogen) atoms. The molecule has 2 bridgehead atoms. The number of hydrogen-bond donors (Lipinski definition) is 1. The summed E-state index contributed by atoms with van der Waals surface area (Å²) in [5.41, 5.74) is 0.792. The van der Waals surface area contributed by atoms with Crippen molar-refractivity contribution >= 4 is 0 Å². The van der Waals surface area contributed by atoms with Gasteiger partial charge in [0.1, 0.15) is 0 Å². The molecule has 1 aromatic rings. The molecule has 116 valence electrons. The molecule has 3 rings (SSSR count). The molecule has 0 aliphatic heterocycles. The smallest absolute Gasteiger partial charge is 0.169 e. The Hall–Kier alpha value is -1.09. The first-order valence-electron chi connectivity index (χ1n) is 8.30. The Morgan fingerprint density at radius 2 is 2.19 bits per heavy atom. The summed E-state index contributed by atoms with van der Waals surface area (Å²) >= 11 is 0. The fourth-order valence-corrected chi connectivity index (χ4v) is 4.42. The van der Waals surface area contributed by atoms with Gasteiger partial charge in [-0.1, -0.05) is 25.5 Å². The lowest BCUT2D eigenvalue weighted by Crippen LogP contribution is -2.32. The van der Waals surface area contributed by atoms with Crippen LogP contribution in [0.3, 0.4) is 0 Å². The number of rotatable bonds is 6. The Morgan fingerprint density at radius 1 is 1.33 bits per heavy atom. The Morgan fingerprint density at radius 3 is 2.81 bits per heavy atom. The maximum atomic E-state index is 14.7. The van der Waals surface area contributed by atoms with Crippen molar-refractivity contribution in [1.82, 2.24) is 5.32 Å². The van der Waals surface area contributed by atoms with Crippen molar-refractivity contribution in [3.63, 3.8) is 0 Å². The van der Waals surface area contributed by atoms with Crippen molar-refractivity contribution in [3.05, 3.63) is 29.6 Å². The summed E-state index contributed by atoms with van der Waals surface area (Å²) in [6, 6.07) is 5.68. The quantitative estimate of drug-likeness (QED) is 0.843. The van der Waals surface area contributed by atoms with Gasteiger partial charge in [0, 0.05) is 11.6 Å². The number of methoxy groups -OCH3 is 1. The van der Waals surface area contributed by atoms with E-state index in [9.17, 15) is 4.39 Å². The van der Waals surface area contributed by atoms with Crippen LogP contribution in [0.15, 0.2) is 18.2 Å². The van der Waals surface area contributed by atoms with E-state index in [1.807, 2.05) is 12.1 Å². The van der Waals surface area contributed by atoms with Gasteiger partial charge in [-0.05, 0) is 56.0 Å². The first-order chi connectivity index (χ1) is 10.2. The van der Waals surface area contributed by atoms with Gasteiger partial charge in [-0.2, -0.15) is 0 Å². The van der Waals surface area contributed by atoms with E-state index in [4.69, 9.17) is 4.74 Å². The molecule has 1 aromatic carbocycles. The van der Waals surface area contributed by atoms with Crippen molar-refractivity contribution < 1.29 is 9.13 Å². The Bertz CT molecular complexity index is 490. The molecule has 0 heterocycles. The van der Waals surface area contributed by atoms with Gasteiger partial charge in [-0.15, -0.1) is 0 Å². The second kappa shape index (κ2) is 6.35. The van der Waals surface area contributed by atoms with Gasteiger partial charge in [0.15, 0.2) is 11.6 Å². The fraction of sp³-hybridized carbons (Fsp3) is 0.667. The van der Waals surface area contributed by atoms with Crippen LogP contribution in [0.1, 0.15) is 50.6 Å². The summed E-state index contributed by atoms with van der Waals surface area (Å²) in [5, 5.41) is 3.61. The highest BCUT2D eigenvalue weighted by atomic mass is 19.1. The maximum Gasteiger partial charge on any atom is 0.169 e. The molecule has 0 spiro atoms. The van der Waals surface area contributed by atoms with Crippen LogP contribution in [0, 0.1) is 23.6 Å². The molecule has 2 nitrogen and oxygen atoms in total. The van der Waals surface area contributed by atoms with E-state index in [1.54, 1.807) is 6.07 Å². The summed E-state index contributed by atoms with van der Waals surface area (Å²) in [5.74, 6) is 2.40. The molecule has 3 heteroatoms. The lowest BCUT2D eigenvalue weighted by atomic mass is 9.80. The number of benzene rings is 1. The van der Waals surface area contributed by atoms with Gasteiger partial charge < -0.3 is 10.1 Å². The van der Waals surface area contributed by atoms with Crippen LogP contribution in [-0.4, -0.2) is 13.7 Å². The molecule has 0 radical (unpaired) electrons. The first kappa shape index (κ1) is 14.8. The number of fused-ring (bicyclic) bond motifs is 2. The fourth-order valence-electron chi connectivity index (χ4n) is 4.42. The lowest BCUT2D eigenvalue weighted by Gasteiger charge is -2.32. The summed E-state index contributed by atoms with van der Waals surface area (Å²) in [4.78, 5) is 0. The Kier molecular flexibility index (Phi) is 4.48. The monoisotopic (exact) mass is 291 g/mol. The number of ether oxygens (including phenoxy) is 1. The third kappa shape index (κ3) is 2.80. The lowest BCUT2D eigenvalue weighted by molar-refractivity contribution is 0.245. The van der Waals surface area contributed by atoms with Crippen LogP contribution in [-0.2, 0) is 0 Å². The predicted octanol–water partition coefficient (Wildman–Crippen LogP) is 4.31. The van der Waals surface area contributed by atoms with Gasteiger partial charge in [-0.25, -0.2) is 4.39 Å². The summed E-state index contributed by atoms with van der Waals surface area (Å²) in [6.07, 6.45) is 6.37. The SMILES string of the molecule is CCCNC(c1cccc(OC)c1F)C1CC2CCC1C2. The third-order valence-corrected chi connectivity index (χ3v) is 5.38. The van der Waals surface area contributed by atoms with Crippen molar-refractivity contribution in [1.29, 1.82) is 0 Å². The molecule has 0 saturated heterocycles. The van der Waals surface area contributed by atoms with Crippen LogP contribution in [0.25, 0.3) is 0 Å². The second-order valence-electron chi connectivity index (χ2n) is 6.63. The molecule has 4 atom stereocenters. The van der Waals surface area contributed by atoms with Crippen LogP contribution in [0.5, 0.6) is 5.75 Å². The van der Waals surface area contributed by atoms with Gasteiger partial charge >= 0.3 is 0 Å². The van der Waals surface area contributed by atoms with Crippen molar-refractivity contribution in [2.45, 2.75) is 45.1 Å². The van der Waals surface area contributed by atoms with Crippen molar-refractivity contribution in [2.24, 2.45) is 17.8 Å². The molecular weight excluding hydrogens is 265 g/mol. The van der Waals surface area contributed by atoms with E-state index in [0.717, 1.165) is 30.4 Å². The normalized spacial score (nSPS) is 28.8.